The summed E-state index contributed by atoms with van der Waals surface area (Å²) in [7, 11) is 0. The van der Waals surface area contributed by atoms with Crippen molar-refractivity contribution in [1.29, 1.82) is 0 Å². The molecule has 0 saturated heterocycles. The van der Waals surface area contributed by atoms with Crippen molar-refractivity contribution in [3.05, 3.63) is 0 Å². The van der Waals surface area contributed by atoms with E-state index in [1.165, 1.54) is 0 Å². The van der Waals surface area contributed by atoms with Crippen LogP contribution in [0.15, 0.2) is 0 Å². The third-order valence-electron chi connectivity index (χ3n) is 2.86. The van der Waals surface area contributed by atoms with Crippen molar-refractivity contribution in [2.24, 2.45) is 11.8 Å². The molecule has 0 aliphatic heterocycles. The molecule has 2 nitrogen and oxygen atoms in total. The molecule has 0 spiro atoms. The minimum Gasteiger partial charge on any atom is -0.462 e. The van der Waals surface area contributed by atoms with Gasteiger partial charge < -0.3 is 4.74 Å². The summed E-state index contributed by atoms with van der Waals surface area (Å²) in [5.41, 5.74) is 0. The summed E-state index contributed by atoms with van der Waals surface area (Å²) in [6, 6.07) is 0. The fraction of sp³-hybridized carbons (Fsp3) is 0.917. The van der Waals surface area contributed by atoms with Crippen LogP contribution in [0.1, 0.15) is 53.9 Å². The quantitative estimate of drug-likeness (QED) is 0.614. The van der Waals surface area contributed by atoms with E-state index in [9.17, 15) is 4.79 Å². The van der Waals surface area contributed by atoms with E-state index in [2.05, 4.69) is 13.8 Å². The van der Waals surface area contributed by atoms with Gasteiger partial charge in [0.05, 0.1) is 5.92 Å². The van der Waals surface area contributed by atoms with Crippen molar-refractivity contribution >= 4 is 5.97 Å². The van der Waals surface area contributed by atoms with Gasteiger partial charge in [-0.15, -0.1) is 0 Å². The monoisotopic (exact) mass is 200 g/mol. The maximum absolute atomic E-state index is 11.5. The highest BCUT2D eigenvalue weighted by Gasteiger charge is 2.19. The lowest BCUT2D eigenvalue weighted by Gasteiger charge is -2.21. The topological polar surface area (TPSA) is 26.3 Å². The van der Waals surface area contributed by atoms with Crippen LogP contribution in [0.3, 0.4) is 0 Å². The Morgan fingerprint density at radius 1 is 1.21 bits per heavy atom. The number of hydrogen-bond acceptors (Lipinski definition) is 2. The van der Waals surface area contributed by atoms with E-state index in [-0.39, 0.29) is 18.0 Å². The van der Waals surface area contributed by atoms with Gasteiger partial charge in [0.25, 0.3) is 0 Å². The third kappa shape index (κ3) is 4.64. The Morgan fingerprint density at radius 2 is 1.79 bits per heavy atom. The lowest BCUT2D eigenvalue weighted by molar-refractivity contribution is -0.155. The van der Waals surface area contributed by atoms with Crippen molar-refractivity contribution in [3.63, 3.8) is 0 Å². The Balaban J connectivity index is 3.92. The van der Waals surface area contributed by atoms with Crippen molar-refractivity contribution in [2.75, 3.05) is 0 Å². The van der Waals surface area contributed by atoms with Crippen molar-refractivity contribution in [1.82, 2.24) is 0 Å². The third-order valence-corrected chi connectivity index (χ3v) is 2.86. The van der Waals surface area contributed by atoms with Crippen LogP contribution in [-0.4, -0.2) is 12.1 Å². The lowest BCUT2D eigenvalue weighted by atomic mass is 10.0. The molecular weight excluding hydrogens is 176 g/mol. The van der Waals surface area contributed by atoms with Crippen LogP contribution in [0.2, 0.25) is 0 Å². The van der Waals surface area contributed by atoms with Gasteiger partial charge in [0.1, 0.15) is 6.10 Å². The number of ether oxygens (including phenoxy) is 1. The lowest BCUT2D eigenvalue weighted by Crippen LogP contribution is -2.25. The standard InChI is InChI=1S/C12H24O2/c1-6-8-10(4)11(5)14-12(13)9(3)7-2/h9-11H,6-8H2,1-5H3. The van der Waals surface area contributed by atoms with E-state index in [0.717, 1.165) is 19.3 Å². The number of esters is 1. The molecule has 0 aromatic rings. The fourth-order valence-corrected chi connectivity index (χ4v) is 1.27. The second-order valence-electron chi connectivity index (χ2n) is 4.22. The van der Waals surface area contributed by atoms with Crippen molar-refractivity contribution in [2.45, 2.75) is 60.0 Å². The first kappa shape index (κ1) is 13.5. The maximum Gasteiger partial charge on any atom is 0.308 e. The van der Waals surface area contributed by atoms with E-state index in [1.807, 2.05) is 20.8 Å². The predicted octanol–water partition coefficient (Wildman–Crippen LogP) is 3.40. The van der Waals surface area contributed by atoms with Crippen LogP contribution < -0.4 is 0 Å². The van der Waals surface area contributed by atoms with Gasteiger partial charge in [-0.1, -0.05) is 34.1 Å². The van der Waals surface area contributed by atoms with E-state index >= 15 is 0 Å². The molecule has 3 unspecified atom stereocenters. The molecular formula is C12H24O2. The van der Waals surface area contributed by atoms with Gasteiger partial charge in [-0.2, -0.15) is 0 Å². The van der Waals surface area contributed by atoms with Crippen molar-refractivity contribution in [3.8, 4) is 0 Å². The second-order valence-corrected chi connectivity index (χ2v) is 4.22. The Bertz CT molecular complexity index is 166. The molecule has 2 heteroatoms. The summed E-state index contributed by atoms with van der Waals surface area (Å²) in [6.45, 7) is 10.2. The average Bonchev–Trinajstić information content (AvgIpc) is 2.16. The van der Waals surface area contributed by atoms with Crippen molar-refractivity contribution < 1.29 is 9.53 Å². The van der Waals surface area contributed by atoms with Gasteiger partial charge >= 0.3 is 5.97 Å². The molecule has 84 valence electrons. The van der Waals surface area contributed by atoms with E-state index in [1.54, 1.807) is 0 Å². The molecule has 0 heterocycles. The highest BCUT2D eigenvalue weighted by atomic mass is 16.5. The maximum atomic E-state index is 11.5. The summed E-state index contributed by atoms with van der Waals surface area (Å²) in [5.74, 6) is 0.447. The smallest absolute Gasteiger partial charge is 0.308 e. The molecule has 0 saturated carbocycles. The predicted molar refractivity (Wildman–Crippen MR) is 59.1 cm³/mol. The first-order valence-corrected chi connectivity index (χ1v) is 5.73. The van der Waals surface area contributed by atoms with Gasteiger partial charge in [-0.05, 0) is 25.7 Å². The molecule has 0 fully saturated rings. The summed E-state index contributed by atoms with van der Waals surface area (Å²) in [5, 5.41) is 0. The van der Waals surface area contributed by atoms with Gasteiger partial charge in [0, 0.05) is 0 Å². The summed E-state index contributed by atoms with van der Waals surface area (Å²) < 4.78 is 5.38. The number of rotatable bonds is 6. The molecule has 0 aromatic carbocycles. The molecule has 14 heavy (non-hydrogen) atoms. The molecule has 0 aliphatic carbocycles. The molecule has 0 radical (unpaired) electrons. The Morgan fingerprint density at radius 3 is 2.21 bits per heavy atom. The SMILES string of the molecule is CCCC(C)C(C)OC(=O)C(C)CC. The van der Waals surface area contributed by atoms with Gasteiger partial charge in [0.2, 0.25) is 0 Å². The number of carbonyl (C=O) groups is 1. The number of hydrogen-bond donors (Lipinski definition) is 0. The number of carbonyl (C=O) groups excluding carboxylic acids is 1. The highest BCUT2D eigenvalue weighted by molar-refractivity contribution is 5.72. The van der Waals surface area contributed by atoms with E-state index < -0.39 is 0 Å². The Labute approximate surface area is 88.0 Å². The largest absolute Gasteiger partial charge is 0.462 e. The minimum absolute atomic E-state index is 0.0336. The molecule has 0 aliphatic rings. The molecule has 0 rings (SSSR count). The summed E-state index contributed by atoms with van der Waals surface area (Å²) in [4.78, 5) is 11.5. The molecule has 0 N–H and O–H groups in total. The molecule has 3 atom stereocenters. The Kier molecular flexibility index (Phi) is 6.60. The normalized spacial score (nSPS) is 17.2. The van der Waals surface area contributed by atoms with Gasteiger partial charge in [0.15, 0.2) is 0 Å². The van der Waals surface area contributed by atoms with Crippen LogP contribution >= 0.6 is 0 Å². The zero-order valence-electron chi connectivity index (χ0n) is 10.2. The summed E-state index contributed by atoms with van der Waals surface area (Å²) >= 11 is 0. The van der Waals surface area contributed by atoms with Crippen LogP contribution in [0.5, 0.6) is 0 Å². The van der Waals surface area contributed by atoms with Gasteiger partial charge in [-0.3, -0.25) is 4.79 Å². The minimum atomic E-state index is -0.0528. The Hall–Kier alpha value is -0.530. The van der Waals surface area contributed by atoms with E-state index in [4.69, 9.17) is 4.74 Å². The molecule has 0 bridgehead atoms. The zero-order valence-corrected chi connectivity index (χ0v) is 10.2. The second kappa shape index (κ2) is 6.86. The molecule has 0 aromatic heterocycles. The van der Waals surface area contributed by atoms with Crippen LogP contribution in [0.25, 0.3) is 0 Å². The van der Waals surface area contributed by atoms with Crippen LogP contribution in [0, 0.1) is 11.8 Å². The van der Waals surface area contributed by atoms with Gasteiger partial charge in [-0.25, -0.2) is 0 Å². The van der Waals surface area contributed by atoms with Crippen LogP contribution in [0.4, 0.5) is 0 Å². The highest BCUT2D eigenvalue weighted by Crippen LogP contribution is 2.15. The molecule has 0 amide bonds. The average molecular weight is 200 g/mol. The van der Waals surface area contributed by atoms with E-state index in [0.29, 0.717) is 5.92 Å². The first-order valence-electron chi connectivity index (χ1n) is 5.73. The fourth-order valence-electron chi connectivity index (χ4n) is 1.27. The zero-order chi connectivity index (χ0) is 11.1. The first-order chi connectivity index (χ1) is 6.52. The summed E-state index contributed by atoms with van der Waals surface area (Å²) in [6.07, 6.45) is 3.17. The van der Waals surface area contributed by atoms with Crippen LogP contribution in [-0.2, 0) is 9.53 Å².